The molecule has 0 spiro atoms. The number of hydrogen-bond donors (Lipinski definition) is 1. The van der Waals surface area contributed by atoms with E-state index in [1.807, 2.05) is 13.2 Å². The molecule has 0 aliphatic carbocycles. The number of likely N-dealkylation sites (N-methyl/N-ethyl adjacent to an activating group) is 1. The second-order valence-corrected chi connectivity index (χ2v) is 5.29. The Balaban J connectivity index is 2.02. The fourth-order valence-electron chi connectivity index (χ4n) is 2.66. The van der Waals surface area contributed by atoms with E-state index in [0.717, 1.165) is 31.1 Å². The summed E-state index contributed by atoms with van der Waals surface area (Å²) in [4.78, 5) is 13.8. The highest BCUT2D eigenvalue weighted by molar-refractivity contribution is 5.29. The average molecular weight is 263 g/mol. The summed E-state index contributed by atoms with van der Waals surface area (Å²) in [6, 6.07) is 0.623. The Morgan fingerprint density at radius 1 is 1.32 bits per heavy atom. The minimum atomic E-state index is 0.623. The molecule has 1 aromatic rings. The lowest BCUT2D eigenvalue weighted by Crippen LogP contribution is -2.39. The molecule has 1 aliphatic rings. The molecule has 0 radical (unpaired) electrons. The molecule has 1 saturated heterocycles. The molecular weight excluding hydrogens is 238 g/mol. The quantitative estimate of drug-likeness (QED) is 0.890. The van der Waals surface area contributed by atoms with Crippen molar-refractivity contribution < 1.29 is 0 Å². The summed E-state index contributed by atoms with van der Waals surface area (Å²) in [7, 11) is 4.08. The van der Waals surface area contributed by atoms with Crippen molar-refractivity contribution >= 4 is 5.82 Å². The first-order valence-electron chi connectivity index (χ1n) is 7.14. The highest BCUT2D eigenvalue weighted by Gasteiger charge is 2.22. The van der Waals surface area contributed by atoms with Gasteiger partial charge >= 0.3 is 0 Å². The molecule has 1 aromatic heterocycles. The number of rotatable bonds is 4. The summed E-state index contributed by atoms with van der Waals surface area (Å²) in [5.41, 5.74) is 1.06. The Morgan fingerprint density at radius 3 is 2.79 bits per heavy atom. The first kappa shape index (κ1) is 14.2. The summed E-state index contributed by atoms with van der Waals surface area (Å²) >= 11 is 0. The maximum Gasteiger partial charge on any atom is 0.144 e. The topological polar surface area (TPSA) is 44.3 Å². The molecule has 2 heterocycles. The van der Waals surface area contributed by atoms with Crippen LogP contribution in [0.3, 0.4) is 0 Å². The molecule has 0 bridgehead atoms. The van der Waals surface area contributed by atoms with Gasteiger partial charge < -0.3 is 10.2 Å². The van der Waals surface area contributed by atoms with Crippen molar-refractivity contribution in [3.05, 3.63) is 18.1 Å². The van der Waals surface area contributed by atoms with Crippen LogP contribution in [0.15, 0.2) is 12.4 Å². The SMILES string of the molecule is CCC1CN(C)CCCN1Cc1cnc(NC)cn1. The molecule has 5 nitrogen and oxygen atoms in total. The third-order valence-electron chi connectivity index (χ3n) is 3.82. The third-order valence-corrected chi connectivity index (χ3v) is 3.82. The van der Waals surface area contributed by atoms with Crippen molar-refractivity contribution in [1.29, 1.82) is 0 Å². The first-order chi connectivity index (χ1) is 9.22. The molecule has 1 unspecified atom stereocenters. The average Bonchev–Trinajstić information content (AvgIpc) is 2.61. The Morgan fingerprint density at radius 2 is 2.16 bits per heavy atom. The number of nitrogens with one attached hydrogen (secondary N) is 1. The Bertz CT molecular complexity index is 378. The fraction of sp³-hybridized carbons (Fsp3) is 0.714. The predicted octanol–water partition coefficient (Wildman–Crippen LogP) is 1.43. The van der Waals surface area contributed by atoms with Gasteiger partial charge in [-0.1, -0.05) is 6.92 Å². The number of aromatic nitrogens is 2. The third kappa shape index (κ3) is 3.88. The van der Waals surface area contributed by atoms with E-state index < -0.39 is 0 Å². The van der Waals surface area contributed by atoms with E-state index in [9.17, 15) is 0 Å². The maximum absolute atomic E-state index is 4.48. The van der Waals surface area contributed by atoms with E-state index in [4.69, 9.17) is 0 Å². The van der Waals surface area contributed by atoms with Gasteiger partial charge in [-0.2, -0.15) is 0 Å². The summed E-state index contributed by atoms with van der Waals surface area (Å²) in [6.45, 7) is 6.67. The van der Waals surface area contributed by atoms with Gasteiger partial charge in [-0.05, 0) is 26.4 Å². The van der Waals surface area contributed by atoms with Crippen LogP contribution in [0, 0.1) is 0 Å². The smallest absolute Gasteiger partial charge is 0.144 e. The normalized spacial score (nSPS) is 22.2. The molecule has 19 heavy (non-hydrogen) atoms. The monoisotopic (exact) mass is 263 g/mol. The molecule has 2 rings (SSSR count). The van der Waals surface area contributed by atoms with Gasteiger partial charge in [0.2, 0.25) is 0 Å². The van der Waals surface area contributed by atoms with Crippen molar-refractivity contribution in [3.63, 3.8) is 0 Å². The van der Waals surface area contributed by atoms with Crippen molar-refractivity contribution in [2.45, 2.75) is 32.4 Å². The highest BCUT2D eigenvalue weighted by atomic mass is 15.2. The molecule has 0 saturated carbocycles. The van der Waals surface area contributed by atoms with Crippen LogP contribution in [0.1, 0.15) is 25.5 Å². The molecule has 1 N–H and O–H groups in total. The lowest BCUT2D eigenvalue weighted by molar-refractivity contribution is 0.174. The van der Waals surface area contributed by atoms with Crippen LogP contribution >= 0.6 is 0 Å². The van der Waals surface area contributed by atoms with Gasteiger partial charge in [-0.15, -0.1) is 0 Å². The van der Waals surface area contributed by atoms with Crippen LogP contribution in [0.4, 0.5) is 5.82 Å². The van der Waals surface area contributed by atoms with Gasteiger partial charge in [0.25, 0.3) is 0 Å². The van der Waals surface area contributed by atoms with Gasteiger partial charge in [0.15, 0.2) is 0 Å². The van der Waals surface area contributed by atoms with Crippen molar-refractivity contribution in [2.75, 3.05) is 39.0 Å². The molecule has 5 heteroatoms. The number of nitrogens with zero attached hydrogens (tertiary/aromatic N) is 4. The van der Waals surface area contributed by atoms with Crippen molar-refractivity contribution in [1.82, 2.24) is 19.8 Å². The Labute approximate surface area is 116 Å². The zero-order valence-electron chi connectivity index (χ0n) is 12.3. The van der Waals surface area contributed by atoms with E-state index in [1.54, 1.807) is 6.20 Å². The fourth-order valence-corrected chi connectivity index (χ4v) is 2.66. The first-order valence-corrected chi connectivity index (χ1v) is 7.14. The van der Waals surface area contributed by atoms with Crippen LogP contribution in [0.2, 0.25) is 0 Å². The molecular formula is C14H25N5. The van der Waals surface area contributed by atoms with Gasteiger partial charge in [0.05, 0.1) is 18.1 Å². The van der Waals surface area contributed by atoms with Crippen molar-refractivity contribution in [3.8, 4) is 0 Å². The molecule has 106 valence electrons. The predicted molar refractivity (Wildman–Crippen MR) is 78.2 cm³/mol. The second-order valence-electron chi connectivity index (χ2n) is 5.29. The van der Waals surface area contributed by atoms with Crippen LogP contribution in [-0.2, 0) is 6.54 Å². The van der Waals surface area contributed by atoms with E-state index in [0.29, 0.717) is 6.04 Å². The molecule has 1 atom stereocenters. The van der Waals surface area contributed by atoms with Gasteiger partial charge in [-0.25, -0.2) is 4.98 Å². The zero-order chi connectivity index (χ0) is 13.7. The Hall–Kier alpha value is -1.20. The maximum atomic E-state index is 4.48. The van der Waals surface area contributed by atoms with E-state index >= 15 is 0 Å². The van der Waals surface area contributed by atoms with E-state index in [2.05, 4.69) is 39.1 Å². The number of anilines is 1. The zero-order valence-corrected chi connectivity index (χ0v) is 12.3. The second kappa shape index (κ2) is 6.82. The van der Waals surface area contributed by atoms with E-state index in [-0.39, 0.29) is 0 Å². The molecule has 0 amide bonds. The van der Waals surface area contributed by atoms with Crippen molar-refractivity contribution in [2.24, 2.45) is 0 Å². The Kier molecular flexibility index (Phi) is 5.10. The van der Waals surface area contributed by atoms with Gasteiger partial charge in [0, 0.05) is 32.7 Å². The summed E-state index contributed by atoms with van der Waals surface area (Å²) in [5.74, 6) is 0.825. The summed E-state index contributed by atoms with van der Waals surface area (Å²) in [6.07, 6.45) is 6.11. The number of hydrogen-bond acceptors (Lipinski definition) is 5. The standard InChI is InChI=1S/C14H25N5/c1-4-13-11-18(3)6-5-7-19(13)10-12-8-17-14(15-2)9-16-12/h8-9,13H,4-7,10-11H2,1-3H3,(H,15,17). The van der Waals surface area contributed by atoms with Crippen LogP contribution in [-0.4, -0.2) is 59.5 Å². The molecule has 1 aliphatic heterocycles. The highest BCUT2D eigenvalue weighted by Crippen LogP contribution is 2.15. The van der Waals surface area contributed by atoms with Crippen LogP contribution in [0.5, 0.6) is 0 Å². The molecule has 0 aromatic carbocycles. The van der Waals surface area contributed by atoms with E-state index in [1.165, 1.54) is 19.4 Å². The van der Waals surface area contributed by atoms with Gasteiger partial charge in [0.1, 0.15) is 5.82 Å². The van der Waals surface area contributed by atoms with Crippen LogP contribution in [0.25, 0.3) is 0 Å². The minimum Gasteiger partial charge on any atom is -0.372 e. The van der Waals surface area contributed by atoms with Gasteiger partial charge in [-0.3, -0.25) is 9.88 Å². The molecule has 1 fully saturated rings. The lowest BCUT2D eigenvalue weighted by atomic mass is 10.2. The summed E-state index contributed by atoms with van der Waals surface area (Å²) in [5, 5.41) is 3.00. The largest absolute Gasteiger partial charge is 0.372 e. The summed E-state index contributed by atoms with van der Waals surface area (Å²) < 4.78 is 0. The van der Waals surface area contributed by atoms with Crippen LogP contribution < -0.4 is 5.32 Å². The lowest BCUT2D eigenvalue weighted by Gasteiger charge is -2.29. The minimum absolute atomic E-state index is 0.623.